The van der Waals surface area contributed by atoms with Crippen LogP contribution in [0.15, 0.2) is 48.8 Å². The quantitative estimate of drug-likeness (QED) is 0.271. The summed E-state index contributed by atoms with van der Waals surface area (Å²) in [5.74, 6) is 0.0465. The molecule has 1 aliphatic rings. The predicted molar refractivity (Wildman–Crippen MR) is 139 cm³/mol. The lowest BCUT2D eigenvalue weighted by atomic mass is 10.0. The molecule has 0 fully saturated rings. The number of halogens is 1. The third-order valence-corrected chi connectivity index (χ3v) is 6.90. The number of fused-ring (bicyclic) bond motifs is 2. The number of pyridine rings is 2. The maximum absolute atomic E-state index is 14.5. The second-order valence-electron chi connectivity index (χ2n) is 8.95. The number of imidazole rings is 1. The van der Waals surface area contributed by atoms with Gasteiger partial charge in [0.05, 0.1) is 34.9 Å². The van der Waals surface area contributed by atoms with Gasteiger partial charge in [-0.2, -0.15) is 5.10 Å². The first-order chi connectivity index (χ1) is 17.8. The Hall–Kier alpha value is -4.00. The Morgan fingerprint density at radius 3 is 2.81 bits per heavy atom. The molecular weight excluding hydrogens is 495 g/mol. The summed E-state index contributed by atoms with van der Waals surface area (Å²) in [5.41, 5.74) is 6.24. The fraction of sp³-hybridized carbons (Fsp3) is 0.200. The minimum absolute atomic E-state index is 0.0342. The van der Waals surface area contributed by atoms with Gasteiger partial charge in [-0.15, -0.1) is 0 Å². The van der Waals surface area contributed by atoms with Gasteiger partial charge in [-0.25, -0.2) is 22.5 Å². The lowest BCUT2D eigenvalue weighted by Gasteiger charge is -2.13. The lowest BCUT2D eigenvalue weighted by Crippen LogP contribution is -2.21. The molecule has 12 heteroatoms. The van der Waals surface area contributed by atoms with Crippen molar-refractivity contribution in [1.82, 2.24) is 40.2 Å². The molecule has 1 aromatic carbocycles. The van der Waals surface area contributed by atoms with Crippen molar-refractivity contribution in [3.8, 4) is 22.8 Å². The first kappa shape index (κ1) is 23.4. The van der Waals surface area contributed by atoms with Crippen LogP contribution in [-0.4, -0.2) is 57.9 Å². The number of H-pyrrole nitrogens is 2. The number of aromatic amines is 2. The molecular formula is C25H23FN8O2S. The van der Waals surface area contributed by atoms with Crippen LogP contribution < -0.4 is 10.0 Å². The number of nitrogens with zero attached hydrogens (tertiary/aromatic N) is 4. The van der Waals surface area contributed by atoms with Gasteiger partial charge >= 0.3 is 0 Å². The van der Waals surface area contributed by atoms with E-state index >= 15 is 0 Å². The highest BCUT2D eigenvalue weighted by Gasteiger charge is 2.18. The number of sulfonamides is 1. The molecule has 10 nitrogen and oxygen atoms in total. The maximum Gasteiger partial charge on any atom is 0.209 e. The molecule has 1 aliphatic heterocycles. The van der Waals surface area contributed by atoms with Gasteiger partial charge in [0.25, 0.3) is 0 Å². The summed E-state index contributed by atoms with van der Waals surface area (Å²) >= 11 is 0. The van der Waals surface area contributed by atoms with E-state index in [1.54, 1.807) is 24.5 Å². The number of hydrogen-bond donors (Lipinski definition) is 4. The average Bonchev–Trinajstić information content (AvgIpc) is 3.51. The van der Waals surface area contributed by atoms with Gasteiger partial charge in [0.1, 0.15) is 17.0 Å². The molecule has 0 unspecified atom stereocenters. The Morgan fingerprint density at radius 1 is 1.11 bits per heavy atom. The van der Waals surface area contributed by atoms with Gasteiger partial charge in [-0.3, -0.25) is 15.1 Å². The van der Waals surface area contributed by atoms with Crippen molar-refractivity contribution in [2.45, 2.75) is 13.0 Å². The number of benzene rings is 1. The van der Waals surface area contributed by atoms with Crippen LogP contribution in [0, 0.1) is 5.82 Å². The van der Waals surface area contributed by atoms with Crippen LogP contribution in [0.2, 0.25) is 0 Å². The third-order valence-electron chi connectivity index (χ3n) is 6.23. The summed E-state index contributed by atoms with van der Waals surface area (Å²) in [4.78, 5) is 17.2. The van der Waals surface area contributed by atoms with E-state index in [0.717, 1.165) is 42.4 Å². The Morgan fingerprint density at radius 2 is 2.00 bits per heavy atom. The average molecular weight is 519 g/mol. The molecule has 5 aromatic rings. The molecule has 0 spiro atoms. The summed E-state index contributed by atoms with van der Waals surface area (Å²) in [6.45, 7) is 1.70. The smallest absolute Gasteiger partial charge is 0.209 e. The van der Waals surface area contributed by atoms with Gasteiger partial charge in [-0.1, -0.05) is 6.08 Å². The lowest BCUT2D eigenvalue weighted by molar-refractivity contribution is 0.586. The van der Waals surface area contributed by atoms with Crippen molar-refractivity contribution in [2.75, 3.05) is 19.3 Å². The van der Waals surface area contributed by atoms with E-state index in [9.17, 15) is 12.8 Å². The van der Waals surface area contributed by atoms with Gasteiger partial charge in [0.15, 0.2) is 5.82 Å². The largest absolute Gasteiger partial charge is 0.336 e. The fourth-order valence-corrected chi connectivity index (χ4v) is 4.92. The van der Waals surface area contributed by atoms with Gasteiger partial charge in [0, 0.05) is 30.2 Å². The molecule has 0 amide bonds. The Labute approximate surface area is 211 Å². The van der Waals surface area contributed by atoms with Crippen LogP contribution in [-0.2, 0) is 16.6 Å². The van der Waals surface area contributed by atoms with Crippen molar-refractivity contribution >= 4 is 37.5 Å². The Kier molecular flexibility index (Phi) is 5.78. The third kappa shape index (κ3) is 4.73. The summed E-state index contributed by atoms with van der Waals surface area (Å²) < 4.78 is 39.8. The maximum atomic E-state index is 14.5. The summed E-state index contributed by atoms with van der Waals surface area (Å²) in [5, 5.41) is 11.7. The fourth-order valence-electron chi connectivity index (χ4n) is 4.49. The first-order valence-corrected chi connectivity index (χ1v) is 13.6. The molecule has 0 saturated carbocycles. The van der Waals surface area contributed by atoms with Crippen LogP contribution in [0.3, 0.4) is 0 Å². The topological polar surface area (TPSA) is 141 Å². The van der Waals surface area contributed by atoms with Crippen molar-refractivity contribution in [1.29, 1.82) is 0 Å². The Balaban J connectivity index is 1.42. The summed E-state index contributed by atoms with van der Waals surface area (Å²) in [6.07, 6.45) is 7.50. The molecule has 0 aliphatic carbocycles. The summed E-state index contributed by atoms with van der Waals surface area (Å²) in [6, 6.07) is 8.16. The molecule has 0 atom stereocenters. The standard InChI is InChI=1S/C25H23FN8O2S/c1-37(35,36)30-12-14-8-16(10-17(26)9-14)22-24-19(4-7-28-22)31-25(32-24)23-18-11-20(15-2-5-27-6-3-15)29-13-21(18)33-34-23/h2,4,7-11,13,27,30H,3,5-6,12H2,1H3,(H,31,32)(H,33,34). The van der Waals surface area contributed by atoms with Crippen LogP contribution in [0.25, 0.3) is 50.3 Å². The van der Waals surface area contributed by atoms with E-state index in [0.29, 0.717) is 39.4 Å². The number of aromatic nitrogens is 6. The number of nitrogens with one attached hydrogen (secondary N) is 4. The van der Waals surface area contributed by atoms with Crippen molar-refractivity contribution < 1.29 is 12.8 Å². The van der Waals surface area contributed by atoms with Crippen molar-refractivity contribution in [3.63, 3.8) is 0 Å². The monoisotopic (exact) mass is 518 g/mol. The van der Waals surface area contributed by atoms with Crippen LogP contribution in [0.4, 0.5) is 4.39 Å². The molecule has 0 bridgehead atoms. The number of rotatable bonds is 6. The zero-order chi connectivity index (χ0) is 25.6. The predicted octanol–water partition coefficient (Wildman–Crippen LogP) is 3.13. The van der Waals surface area contributed by atoms with E-state index in [4.69, 9.17) is 4.98 Å². The zero-order valence-corrected chi connectivity index (χ0v) is 20.7. The van der Waals surface area contributed by atoms with E-state index in [1.165, 1.54) is 17.7 Å². The SMILES string of the molecule is CS(=O)(=O)NCc1cc(F)cc(-c2nccc3[nH]c(-c4n[nH]c5cnc(C6=CCNCC6)cc45)nc23)c1. The van der Waals surface area contributed by atoms with E-state index < -0.39 is 15.8 Å². The molecule has 4 N–H and O–H groups in total. The first-order valence-electron chi connectivity index (χ1n) is 11.7. The highest BCUT2D eigenvalue weighted by atomic mass is 32.2. The van der Waals surface area contributed by atoms with Crippen molar-refractivity contribution in [3.05, 3.63) is 65.9 Å². The van der Waals surface area contributed by atoms with Crippen LogP contribution in [0.5, 0.6) is 0 Å². The molecule has 5 heterocycles. The number of hydrogen-bond acceptors (Lipinski definition) is 7. The highest BCUT2D eigenvalue weighted by molar-refractivity contribution is 7.88. The molecule has 6 rings (SSSR count). The van der Waals surface area contributed by atoms with Crippen LogP contribution in [0.1, 0.15) is 17.7 Å². The molecule has 0 saturated heterocycles. The van der Waals surface area contributed by atoms with Crippen LogP contribution >= 0.6 is 0 Å². The van der Waals surface area contributed by atoms with Gasteiger partial charge < -0.3 is 10.3 Å². The van der Waals surface area contributed by atoms with Gasteiger partial charge in [0.2, 0.25) is 10.0 Å². The Bertz CT molecular complexity index is 1790. The normalized spacial score (nSPS) is 14.4. The van der Waals surface area contributed by atoms with E-state index in [1.807, 2.05) is 6.07 Å². The second kappa shape index (κ2) is 9.14. The summed E-state index contributed by atoms with van der Waals surface area (Å²) in [7, 11) is -3.42. The molecule has 188 valence electrons. The van der Waals surface area contributed by atoms with E-state index in [-0.39, 0.29) is 6.54 Å². The minimum atomic E-state index is -3.42. The molecule has 0 radical (unpaired) electrons. The van der Waals surface area contributed by atoms with E-state index in [2.05, 4.69) is 41.3 Å². The van der Waals surface area contributed by atoms with Gasteiger partial charge in [-0.05, 0) is 54.4 Å². The zero-order valence-electron chi connectivity index (χ0n) is 19.8. The minimum Gasteiger partial charge on any atom is -0.336 e. The molecule has 4 aromatic heterocycles. The molecule has 37 heavy (non-hydrogen) atoms. The second-order valence-corrected chi connectivity index (χ2v) is 10.8. The highest BCUT2D eigenvalue weighted by Crippen LogP contribution is 2.32. The van der Waals surface area contributed by atoms with Crippen molar-refractivity contribution in [2.24, 2.45) is 0 Å².